The van der Waals surface area contributed by atoms with Gasteiger partial charge in [0.1, 0.15) is 0 Å². The Bertz CT molecular complexity index is 554. The molecular weight excluding hydrogens is 277 g/mol. The molecule has 1 unspecified atom stereocenters. The Hall–Kier alpha value is -1.02. The van der Waals surface area contributed by atoms with Crippen molar-refractivity contribution in [1.29, 1.82) is 0 Å². The van der Waals surface area contributed by atoms with Gasteiger partial charge in [-0.3, -0.25) is 0 Å². The Labute approximate surface area is 124 Å². The maximum absolute atomic E-state index is 6.68. The third-order valence-electron chi connectivity index (χ3n) is 3.34. The summed E-state index contributed by atoms with van der Waals surface area (Å²) in [5.41, 5.74) is 8.02. The van der Waals surface area contributed by atoms with Gasteiger partial charge >= 0.3 is 0 Å². The van der Waals surface area contributed by atoms with Gasteiger partial charge in [0.05, 0.1) is 5.54 Å². The molecule has 0 amide bonds. The summed E-state index contributed by atoms with van der Waals surface area (Å²) in [5.74, 6) is 0. The number of benzene rings is 2. The maximum atomic E-state index is 6.68. The molecule has 1 atom stereocenters. The van der Waals surface area contributed by atoms with Gasteiger partial charge in [-0.2, -0.15) is 0 Å². The van der Waals surface area contributed by atoms with E-state index in [2.05, 4.69) is 6.92 Å². The zero-order valence-corrected chi connectivity index (χ0v) is 12.4. The summed E-state index contributed by atoms with van der Waals surface area (Å²) in [6.07, 6.45) is 1.78. The second-order valence-electron chi connectivity index (χ2n) is 4.71. The molecule has 0 aromatic heterocycles. The molecule has 2 aromatic rings. The van der Waals surface area contributed by atoms with E-state index >= 15 is 0 Å². The molecule has 0 spiro atoms. The van der Waals surface area contributed by atoms with Crippen LogP contribution in [0.15, 0.2) is 48.5 Å². The smallest absolute Gasteiger partial charge is 0.0680 e. The molecule has 0 saturated heterocycles. The standard InChI is InChI=1S/C16H17Cl2N/c1-2-10-16(19,12-6-4-3-5-7-12)14-11-13(17)8-9-15(14)18/h3-9,11H,2,10,19H2,1H3. The average molecular weight is 294 g/mol. The second kappa shape index (κ2) is 5.96. The van der Waals surface area contributed by atoms with Gasteiger partial charge in [-0.1, -0.05) is 66.9 Å². The first kappa shape index (κ1) is 14.4. The van der Waals surface area contributed by atoms with E-state index in [9.17, 15) is 0 Å². The summed E-state index contributed by atoms with van der Waals surface area (Å²) in [6.45, 7) is 2.11. The molecule has 2 rings (SSSR count). The lowest BCUT2D eigenvalue weighted by molar-refractivity contribution is 0.485. The van der Waals surface area contributed by atoms with Crippen molar-refractivity contribution in [2.75, 3.05) is 0 Å². The molecule has 0 heterocycles. The minimum atomic E-state index is -0.599. The highest BCUT2D eigenvalue weighted by Crippen LogP contribution is 2.37. The SMILES string of the molecule is CCCC(N)(c1ccccc1)c1cc(Cl)ccc1Cl. The predicted octanol–water partition coefficient (Wildman–Crippen LogP) is 5.00. The first-order valence-electron chi connectivity index (χ1n) is 6.38. The van der Waals surface area contributed by atoms with Crippen LogP contribution in [0.1, 0.15) is 30.9 Å². The van der Waals surface area contributed by atoms with Crippen LogP contribution < -0.4 is 5.73 Å². The van der Waals surface area contributed by atoms with Crippen LogP contribution in [0.5, 0.6) is 0 Å². The summed E-state index contributed by atoms with van der Waals surface area (Å²) < 4.78 is 0. The van der Waals surface area contributed by atoms with Gasteiger partial charge in [-0.25, -0.2) is 0 Å². The van der Waals surface area contributed by atoms with E-state index in [0.717, 1.165) is 24.0 Å². The van der Waals surface area contributed by atoms with Crippen molar-refractivity contribution in [3.63, 3.8) is 0 Å². The zero-order chi connectivity index (χ0) is 13.9. The maximum Gasteiger partial charge on any atom is 0.0680 e. The van der Waals surface area contributed by atoms with Crippen molar-refractivity contribution in [2.45, 2.75) is 25.3 Å². The van der Waals surface area contributed by atoms with Crippen LogP contribution in [0.4, 0.5) is 0 Å². The molecule has 0 fully saturated rings. The van der Waals surface area contributed by atoms with Crippen molar-refractivity contribution >= 4 is 23.2 Å². The first-order chi connectivity index (χ1) is 9.08. The van der Waals surface area contributed by atoms with Gasteiger partial charge in [0.2, 0.25) is 0 Å². The number of hydrogen-bond donors (Lipinski definition) is 1. The van der Waals surface area contributed by atoms with Crippen LogP contribution in [0.2, 0.25) is 10.0 Å². The molecule has 19 heavy (non-hydrogen) atoms. The van der Waals surface area contributed by atoms with E-state index in [4.69, 9.17) is 28.9 Å². The first-order valence-corrected chi connectivity index (χ1v) is 7.13. The molecule has 2 aromatic carbocycles. The van der Waals surface area contributed by atoms with Gasteiger partial charge < -0.3 is 5.73 Å². The van der Waals surface area contributed by atoms with Crippen LogP contribution >= 0.6 is 23.2 Å². The summed E-state index contributed by atoms with van der Waals surface area (Å²) in [6, 6.07) is 15.5. The number of rotatable bonds is 4. The number of hydrogen-bond acceptors (Lipinski definition) is 1. The Morgan fingerprint density at radius 3 is 2.37 bits per heavy atom. The van der Waals surface area contributed by atoms with Crippen molar-refractivity contribution in [1.82, 2.24) is 0 Å². The lowest BCUT2D eigenvalue weighted by Crippen LogP contribution is -2.38. The van der Waals surface area contributed by atoms with Crippen LogP contribution in [-0.4, -0.2) is 0 Å². The summed E-state index contributed by atoms with van der Waals surface area (Å²) in [4.78, 5) is 0. The monoisotopic (exact) mass is 293 g/mol. The van der Waals surface area contributed by atoms with Crippen molar-refractivity contribution in [3.05, 3.63) is 69.7 Å². The highest BCUT2D eigenvalue weighted by atomic mass is 35.5. The Morgan fingerprint density at radius 2 is 1.74 bits per heavy atom. The van der Waals surface area contributed by atoms with E-state index in [1.807, 2.05) is 36.4 Å². The third-order valence-corrected chi connectivity index (χ3v) is 3.91. The van der Waals surface area contributed by atoms with Crippen LogP contribution in [-0.2, 0) is 5.54 Å². The van der Waals surface area contributed by atoms with Crippen molar-refractivity contribution in [3.8, 4) is 0 Å². The minimum absolute atomic E-state index is 0.599. The van der Waals surface area contributed by atoms with E-state index in [-0.39, 0.29) is 0 Å². The molecule has 0 aliphatic rings. The molecule has 3 heteroatoms. The molecule has 100 valence electrons. The van der Waals surface area contributed by atoms with Gasteiger partial charge in [0.15, 0.2) is 0 Å². The fourth-order valence-electron chi connectivity index (χ4n) is 2.40. The van der Waals surface area contributed by atoms with Crippen molar-refractivity contribution < 1.29 is 0 Å². The van der Waals surface area contributed by atoms with E-state index < -0.39 is 5.54 Å². The lowest BCUT2D eigenvalue weighted by Gasteiger charge is -2.31. The lowest BCUT2D eigenvalue weighted by atomic mass is 9.80. The highest BCUT2D eigenvalue weighted by Gasteiger charge is 2.30. The number of halogens is 2. The van der Waals surface area contributed by atoms with E-state index in [1.54, 1.807) is 12.1 Å². The Balaban J connectivity index is 2.59. The Morgan fingerprint density at radius 1 is 1.05 bits per heavy atom. The molecule has 2 N–H and O–H groups in total. The predicted molar refractivity (Wildman–Crippen MR) is 82.8 cm³/mol. The molecular formula is C16H17Cl2N. The zero-order valence-electron chi connectivity index (χ0n) is 10.9. The third kappa shape index (κ3) is 2.94. The molecule has 1 nitrogen and oxygen atoms in total. The fourth-order valence-corrected chi connectivity index (χ4v) is 2.86. The highest BCUT2D eigenvalue weighted by molar-refractivity contribution is 6.33. The quantitative estimate of drug-likeness (QED) is 0.844. The number of nitrogens with two attached hydrogens (primary N) is 1. The summed E-state index contributed by atoms with van der Waals surface area (Å²) >= 11 is 12.4. The van der Waals surface area contributed by atoms with Crippen LogP contribution in [0.25, 0.3) is 0 Å². The molecule has 0 bridgehead atoms. The molecule has 0 aliphatic heterocycles. The van der Waals surface area contributed by atoms with Gasteiger partial charge in [0.25, 0.3) is 0 Å². The van der Waals surface area contributed by atoms with Crippen molar-refractivity contribution in [2.24, 2.45) is 5.73 Å². The molecule has 0 saturated carbocycles. The summed E-state index contributed by atoms with van der Waals surface area (Å²) in [5, 5.41) is 1.31. The topological polar surface area (TPSA) is 26.0 Å². The van der Waals surface area contributed by atoms with Gasteiger partial charge in [-0.05, 0) is 35.7 Å². The van der Waals surface area contributed by atoms with Crippen LogP contribution in [0.3, 0.4) is 0 Å². The van der Waals surface area contributed by atoms with Crippen LogP contribution in [0, 0.1) is 0 Å². The summed E-state index contributed by atoms with van der Waals surface area (Å²) in [7, 11) is 0. The second-order valence-corrected chi connectivity index (χ2v) is 5.56. The molecule has 0 radical (unpaired) electrons. The normalized spacial score (nSPS) is 14.1. The average Bonchev–Trinajstić information content (AvgIpc) is 2.42. The van der Waals surface area contributed by atoms with E-state index in [1.165, 1.54) is 0 Å². The Kier molecular flexibility index (Phi) is 4.51. The van der Waals surface area contributed by atoms with E-state index in [0.29, 0.717) is 10.0 Å². The largest absolute Gasteiger partial charge is 0.318 e. The molecule has 0 aliphatic carbocycles. The van der Waals surface area contributed by atoms with Gasteiger partial charge in [0, 0.05) is 10.0 Å². The van der Waals surface area contributed by atoms with Gasteiger partial charge in [-0.15, -0.1) is 0 Å². The fraction of sp³-hybridized carbons (Fsp3) is 0.250. The minimum Gasteiger partial charge on any atom is -0.318 e.